The van der Waals surface area contributed by atoms with Crippen molar-refractivity contribution in [1.29, 1.82) is 0 Å². The number of rotatable bonds is 3. The average Bonchev–Trinajstić information content (AvgIpc) is 2.39. The highest BCUT2D eigenvalue weighted by Gasteiger charge is 2.31. The fourth-order valence-electron chi connectivity index (χ4n) is 2.16. The Morgan fingerprint density at radius 2 is 1.58 bits per heavy atom. The van der Waals surface area contributed by atoms with E-state index in [1.165, 1.54) is 12.1 Å². The zero-order chi connectivity index (χ0) is 14.0. The molecule has 2 aromatic carbocycles. The summed E-state index contributed by atoms with van der Waals surface area (Å²) >= 11 is 0. The van der Waals surface area contributed by atoms with Gasteiger partial charge in [0.05, 0.1) is 5.41 Å². The van der Waals surface area contributed by atoms with Crippen LogP contribution >= 0.6 is 0 Å². The Kier molecular flexibility index (Phi) is 3.52. The molecule has 0 atom stereocenters. The summed E-state index contributed by atoms with van der Waals surface area (Å²) in [4.78, 5) is 12.7. The molecule has 0 saturated heterocycles. The maximum absolute atomic E-state index is 13.0. The van der Waals surface area contributed by atoms with Gasteiger partial charge in [0.25, 0.3) is 0 Å². The smallest absolute Gasteiger partial charge is 0.173 e. The van der Waals surface area contributed by atoms with Crippen molar-refractivity contribution >= 4 is 5.78 Å². The summed E-state index contributed by atoms with van der Waals surface area (Å²) in [6, 6.07) is 13.7. The molecule has 98 valence electrons. The molecule has 0 aliphatic rings. The zero-order valence-corrected chi connectivity index (χ0v) is 11.4. The number of halogens is 1. The number of Topliss-reactive ketones (excluding diaryl/α,β-unsaturated/α-hetero) is 1. The van der Waals surface area contributed by atoms with Crippen LogP contribution in [0.2, 0.25) is 0 Å². The van der Waals surface area contributed by atoms with E-state index in [0.29, 0.717) is 0 Å². The van der Waals surface area contributed by atoms with Crippen molar-refractivity contribution in [2.75, 3.05) is 0 Å². The standard InChI is InChI=1S/C17H17FO/c1-12-6-4-5-7-15(12)16(19)17(2,3)13-8-10-14(18)11-9-13/h4-11H,1-3H3. The van der Waals surface area contributed by atoms with E-state index in [0.717, 1.165) is 16.7 Å². The first-order valence-corrected chi connectivity index (χ1v) is 6.29. The van der Waals surface area contributed by atoms with E-state index in [9.17, 15) is 9.18 Å². The molecule has 0 aliphatic heterocycles. The van der Waals surface area contributed by atoms with Crippen molar-refractivity contribution in [3.8, 4) is 0 Å². The van der Waals surface area contributed by atoms with E-state index in [4.69, 9.17) is 0 Å². The van der Waals surface area contributed by atoms with Gasteiger partial charge in [-0.2, -0.15) is 0 Å². The Balaban J connectivity index is 2.42. The molecule has 0 radical (unpaired) electrons. The Labute approximate surface area is 113 Å². The number of hydrogen-bond acceptors (Lipinski definition) is 1. The molecule has 0 aliphatic carbocycles. The van der Waals surface area contributed by atoms with Crippen molar-refractivity contribution in [1.82, 2.24) is 0 Å². The normalized spacial score (nSPS) is 11.4. The van der Waals surface area contributed by atoms with Crippen LogP contribution in [-0.4, -0.2) is 5.78 Å². The highest BCUT2D eigenvalue weighted by Crippen LogP contribution is 2.28. The van der Waals surface area contributed by atoms with Crippen LogP contribution in [-0.2, 0) is 5.41 Å². The molecule has 0 saturated carbocycles. The Hall–Kier alpha value is -1.96. The van der Waals surface area contributed by atoms with Gasteiger partial charge in [-0.1, -0.05) is 36.4 Å². The third-order valence-corrected chi connectivity index (χ3v) is 3.52. The van der Waals surface area contributed by atoms with Crippen molar-refractivity contribution in [3.05, 3.63) is 71.0 Å². The van der Waals surface area contributed by atoms with Crippen LogP contribution in [0.5, 0.6) is 0 Å². The summed E-state index contributed by atoms with van der Waals surface area (Å²) < 4.78 is 13.0. The topological polar surface area (TPSA) is 17.1 Å². The van der Waals surface area contributed by atoms with E-state index in [1.807, 2.05) is 45.0 Å². The second-order valence-corrected chi connectivity index (χ2v) is 5.28. The molecule has 2 heteroatoms. The van der Waals surface area contributed by atoms with E-state index in [1.54, 1.807) is 12.1 Å². The van der Waals surface area contributed by atoms with Crippen LogP contribution in [0.25, 0.3) is 0 Å². The van der Waals surface area contributed by atoms with Gasteiger partial charge in [-0.05, 0) is 44.0 Å². The van der Waals surface area contributed by atoms with E-state index >= 15 is 0 Å². The summed E-state index contributed by atoms with van der Waals surface area (Å²) in [5.74, 6) is -0.236. The van der Waals surface area contributed by atoms with Gasteiger partial charge in [-0.25, -0.2) is 4.39 Å². The minimum atomic E-state index is -0.667. The van der Waals surface area contributed by atoms with Crippen LogP contribution in [0.4, 0.5) is 4.39 Å². The number of carbonyl (C=O) groups is 1. The molecule has 0 N–H and O–H groups in total. The molecule has 2 rings (SSSR count). The lowest BCUT2D eigenvalue weighted by Gasteiger charge is -2.24. The first-order chi connectivity index (χ1) is 8.93. The lowest BCUT2D eigenvalue weighted by molar-refractivity contribution is 0.0908. The summed E-state index contributed by atoms with van der Waals surface area (Å²) in [6.45, 7) is 5.66. The summed E-state index contributed by atoms with van der Waals surface area (Å²) in [5.41, 5.74) is 1.83. The van der Waals surface area contributed by atoms with Gasteiger partial charge in [0.1, 0.15) is 5.82 Å². The Bertz CT molecular complexity index is 597. The Morgan fingerprint density at radius 3 is 2.16 bits per heavy atom. The molecular weight excluding hydrogens is 239 g/mol. The maximum atomic E-state index is 13.0. The highest BCUT2D eigenvalue weighted by atomic mass is 19.1. The lowest BCUT2D eigenvalue weighted by atomic mass is 9.77. The van der Waals surface area contributed by atoms with Crippen molar-refractivity contribution in [2.24, 2.45) is 0 Å². The van der Waals surface area contributed by atoms with Crippen LogP contribution in [0.15, 0.2) is 48.5 Å². The largest absolute Gasteiger partial charge is 0.293 e. The average molecular weight is 256 g/mol. The second kappa shape index (κ2) is 4.96. The van der Waals surface area contributed by atoms with Gasteiger partial charge < -0.3 is 0 Å². The van der Waals surface area contributed by atoms with E-state index in [-0.39, 0.29) is 11.6 Å². The van der Waals surface area contributed by atoms with E-state index < -0.39 is 5.41 Å². The van der Waals surface area contributed by atoms with E-state index in [2.05, 4.69) is 0 Å². The molecule has 19 heavy (non-hydrogen) atoms. The fraction of sp³-hybridized carbons (Fsp3) is 0.235. The monoisotopic (exact) mass is 256 g/mol. The molecule has 2 aromatic rings. The molecule has 0 fully saturated rings. The third-order valence-electron chi connectivity index (χ3n) is 3.52. The minimum Gasteiger partial charge on any atom is -0.293 e. The van der Waals surface area contributed by atoms with Crippen molar-refractivity contribution < 1.29 is 9.18 Å². The van der Waals surface area contributed by atoms with Crippen LogP contribution in [0.3, 0.4) is 0 Å². The molecule has 0 bridgehead atoms. The number of ketones is 1. The second-order valence-electron chi connectivity index (χ2n) is 5.28. The van der Waals surface area contributed by atoms with Gasteiger partial charge in [0.15, 0.2) is 5.78 Å². The maximum Gasteiger partial charge on any atom is 0.173 e. The predicted octanol–water partition coefficient (Wildman–Crippen LogP) is 4.29. The minimum absolute atomic E-state index is 0.0530. The van der Waals surface area contributed by atoms with Gasteiger partial charge in [-0.3, -0.25) is 4.79 Å². The lowest BCUT2D eigenvalue weighted by Crippen LogP contribution is -2.29. The van der Waals surface area contributed by atoms with Crippen LogP contribution < -0.4 is 0 Å². The number of carbonyl (C=O) groups excluding carboxylic acids is 1. The zero-order valence-electron chi connectivity index (χ0n) is 11.4. The fourth-order valence-corrected chi connectivity index (χ4v) is 2.16. The summed E-state index contributed by atoms with van der Waals surface area (Å²) in [6.07, 6.45) is 0. The highest BCUT2D eigenvalue weighted by molar-refractivity contribution is 6.04. The molecule has 1 nitrogen and oxygen atoms in total. The quantitative estimate of drug-likeness (QED) is 0.748. The summed E-state index contributed by atoms with van der Waals surface area (Å²) in [5, 5.41) is 0. The number of hydrogen-bond donors (Lipinski definition) is 0. The van der Waals surface area contributed by atoms with Crippen LogP contribution in [0.1, 0.15) is 35.3 Å². The number of aryl methyl sites for hydroxylation is 1. The molecule has 0 heterocycles. The number of benzene rings is 2. The third kappa shape index (κ3) is 2.58. The summed E-state index contributed by atoms with van der Waals surface area (Å²) in [7, 11) is 0. The van der Waals surface area contributed by atoms with Gasteiger partial charge in [-0.15, -0.1) is 0 Å². The molecular formula is C17H17FO. The van der Waals surface area contributed by atoms with Crippen molar-refractivity contribution in [2.45, 2.75) is 26.2 Å². The van der Waals surface area contributed by atoms with Gasteiger partial charge in [0.2, 0.25) is 0 Å². The first-order valence-electron chi connectivity index (χ1n) is 6.29. The molecule has 0 amide bonds. The Morgan fingerprint density at radius 1 is 1.00 bits per heavy atom. The van der Waals surface area contributed by atoms with Crippen molar-refractivity contribution in [3.63, 3.8) is 0 Å². The predicted molar refractivity (Wildman–Crippen MR) is 74.9 cm³/mol. The van der Waals surface area contributed by atoms with Gasteiger partial charge >= 0.3 is 0 Å². The first kappa shape index (κ1) is 13.5. The van der Waals surface area contributed by atoms with Crippen LogP contribution in [0, 0.1) is 12.7 Å². The molecule has 0 aromatic heterocycles. The SMILES string of the molecule is Cc1ccccc1C(=O)C(C)(C)c1ccc(F)cc1. The van der Waals surface area contributed by atoms with Gasteiger partial charge in [0, 0.05) is 5.56 Å². The molecule has 0 unspecified atom stereocenters. The molecule has 0 spiro atoms.